The molecular weight excluding hydrogens is 312 g/mol. The first-order valence-corrected chi connectivity index (χ1v) is 8.64. The van der Waals surface area contributed by atoms with Crippen molar-refractivity contribution in [3.05, 3.63) is 34.9 Å². The maximum Gasteiger partial charge on any atom is 0.317 e. The van der Waals surface area contributed by atoms with Gasteiger partial charge >= 0.3 is 6.03 Å². The summed E-state index contributed by atoms with van der Waals surface area (Å²) in [6, 6.07) is 7.70. The Bertz CT molecular complexity index is 546. The molecule has 1 heterocycles. The zero-order chi connectivity index (χ0) is 17.0. The van der Waals surface area contributed by atoms with E-state index >= 15 is 0 Å². The third-order valence-corrected chi connectivity index (χ3v) is 4.95. The second kappa shape index (κ2) is 7.54. The molecule has 0 aromatic heterocycles. The molecule has 2 rings (SSSR count). The third kappa shape index (κ3) is 4.85. The van der Waals surface area contributed by atoms with E-state index in [1.807, 2.05) is 29.2 Å². The molecule has 2 N–H and O–H groups in total. The minimum absolute atomic E-state index is 0.0505. The fourth-order valence-electron chi connectivity index (χ4n) is 3.01. The van der Waals surface area contributed by atoms with Gasteiger partial charge < -0.3 is 15.3 Å². The highest BCUT2D eigenvalue weighted by molar-refractivity contribution is 6.30. The van der Waals surface area contributed by atoms with Gasteiger partial charge in [0, 0.05) is 36.0 Å². The van der Waals surface area contributed by atoms with Gasteiger partial charge in [0.25, 0.3) is 0 Å². The predicted molar refractivity (Wildman–Crippen MR) is 93.9 cm³/mol. The summed E-state index contributed by atoms with van der Waals surface area (Å²) in [6.45, 7) is 7.91. The van der Waals surface area contributed by atoms with Gasteiger partial charge in [-0.1, -0.05) is 37.6 Å². The Morgan fingerprint density at radius 3 is 2.91 bits per heavy atom. The number of aliphatic hydroxyl groups excluding tert-OH is 1. The molecule has 1 aromatic carbocycles. The molecule has 0 aliphatic carbocycles. The number of amides is 2. The van der Waals surface area contributed by atoms with Crippen LogP contribution in [0.3, 0.4) is 0 Å². The third-order valence-electron chi connectivity index (χ3n) is 4.71. The molecule has 23 heavy (non-hydrogen) atoms. The Labute approximate surface area is 143 Å². The van der Waals surface area contributed by atoms with Crippen LogP contribution in [0.25, 0.3) is 0 Å². The van der Waals surface area contributed by atoms with Crippen LogP contribution in [0.1, 0.15) is 39.2 Å². The monoisotopic (exact) mass is 338 g/mol. The number of likely N-dealkylation sites (tertiary alicyclic amines) is 1. The second-order valence-electron chi connectivity index (χ2n) is 7.14. The van der Waals surface area contributed by atoms with Gasteiger partial charge in [-0.3, -0.25) is 0 Å². The van der Waals surface area contributed by atoms with Gasteiger partial charge in [0.15, 0.2) is 0 Å². The number of urea groups is 1. The molecule has 4 nitrogen and oxygen atoms in total. The average molecular weight is 339 g/mol. The molecule has 1 aliphatic heterocycles. The lowest BCUT2D eigenvalue weighted by atomic mass is 9.84. The van der Waals surface area contributed by atoms with Crippen LogP contribution < -0.4 is 5.32 Å². The fourth-order valence-corrected chi connectivity index (χ4v) is 3.20. The number of hydrogen-bond acceptors (Lipinski definition) is 2. The molecule has 5 heteroatoms. The van der Waals surface area contributed by atoms with E-state index < -0.39 is 0 Å². The standard InChI is InChI=1S/C18H27ClN2O2/c1-13(22)14-6-5-9-21(11-14)17(23)20-12-18(2,3)15-7-4-8-16(19)10-15/h4,7-8,10,13-14,22H,5-6,9,11-12H2,1-3H3,(H,20,23). The van der Waals surface area contributed by atoms with E-state index in [0.717, 1.165) is 24.9 Å². The first-order chi connectivity index (χ1) is 10.8. The molecule has 0 bridgehead atoms. The van der Waals surface area contributed by atoms with Crippen molar-refractivity contribution in [3.8, 4) is 0 Å². The van der Waals surface area contributed by atoms with Crippen LogP contribution in [0.5, 0.6) is 0 Å². The quantitative estimate of drug-likeness (QED) is 0.883. The first kappa shape index (κ1) is 18.1. The Kier molecular flexibility index (Phi) is 5.93. The molecule has 1 aliphatic rings. The number of nitrogens with one attached hydrogen (secondary N) is 1. The lowest BCUT2D eigenvalue weighted by Crippen LogP contribution is -2.49. The van der Waals surface area contributed by atoms with Crippen molar-refractivity contribution in [2.45, 2.75) is 45.1 Å². The maximum absolute atomic E-state index is 12.4. The van der Waals surface area contributed by atoms with E-state index in [0.29, 0.717) is 18.1 Å². The molecule has 0 spiro atoms. The molecule has 1 aromatic rings. The minimum Gasteiger partial charge on any atom is -0.393 e. The van der Waals surface area contributed by atoms with Gasteiger partial charge in [-0.2, -0.15) is 0 Å². The smallest absolute Gasteiger partial charge is 0.317 e. The van der Waals surface area contributed by atoms with Crippen LogP contribution in [-0.4, -0.2) is 41.8 Å². The summed E-state index contributed by atoms with van der Waals surface area (Å²) in [4.78, 5) is 14.2. The maximum atomic E-state index is 12.4. The van der Waals surface area contributed by atoms with Crippen LogP contribution in [-0.2, 0) is 5.41 Å². The Balaban J connectivity index is 1.93. The highest BCUT2D eigenvalue weighted by atomic mass is 35.5. The summed E-state index contributed by atoms with van der Waals surface area (Å²) in [5.74, 6) is 0.176. The molecule has 128 valence electrons. The van der Waals surface area contributed by atoms with Crippen molar-refractivity contribution in [1.82, 2.24) is 10.2 Å². The lowest BCUT2D eigenvalue weighted by Gasteiger charge is -2.35. The van der Waals surface area contributed by atoms with E-state index in [2.05, 4.69) is 19.2 Å². The van der Waals surface area contributed by atoms with Gasteiger partial charge in [0.1, 0.15) is 0 Å². The Morgan fingerprint density at radius 2 is 2.26 bits per heavy atom. The molecule has 0 saturated carbocycles. The van der Waals surface area contributed by atoms with Crippen LogP contribution >= 0.6 is 11.6 Å². The van der Waals surface area contributed by atoms with E-state index in [1.54, 1.807) is 6.92 Å². The number of carbonyl (C=O) groups is 1. The summed E-state index contributed by atoms with van der Waals surface area (Å²) in [5, 5.41) is 13.5. The lowest BCUT2D eigenvalue weighted by molar-refractivity contribution is 0.0737. The van der Waals surface area contributed by atoms with Crippen molar-refractivity contribution in [2.24, 2.45) is 5.92 Å². The number of rotatable bonds is 4. The molecule has 2 atom stereocenters. The van der Waals surface area contributed by atoms with E-state index in [4.69, 9.17) is 11.6 Å². The highest BCUT2D eigenvalue weighted by Crippen LogP contribution is 2.25. The number of hydrogen-bond donors (Lipinski definition) is 2. The summed E-state index contributed by atoms with van der Waals surface area (Å²) >= 11 is 6.06. The number of aliphatic hydroxyl groups is 1. The first-order valence-electron chi connectivity index (χ1n) is 8.26. The van der Waals surface area contributed by atoms with Crippen molar-refractivity contribution in [3.63, 3.8) is 0 Å². The van der Waals surface area contributed by atoms with Crippen LogP contribution in [0.2, 0.25) is 5.02 Å². The van der Waals surface area contributed by atoms with Crippen LogP contribution in [0, 0.1) is 5.92 Å². The largest absolute Gasteiger partial charge is 0.393 e. The zero-order valence-electron chi connectivity index (χ0n) is 14.2. The van der Waals surface area contributed by atoms with Crippen molar-refractivity contribution in [2.75, 3.05) is 19.6 Å². The summed E-state index contributed by atoms with van der Waals surface area (Å²) < 4.78 is 0. The molecule has 2 amide bonds. The molecule has 0 radical (unpaired) electrons. The number of carbonyl (C=O) groups excluding carboxylic acids is 1. The summed E-state index contributed by atoms with van der Waals surface area (Å²) in [5.41, 5.74) is 0.908. The van der Waals surface area contributed by atoms with Crippen LogP contribution in [0.15, 0.2) is 24.3 Å². The topological polar surface area (TPSA) is 52.6 Å². The second-order valence-corrected chi connectivity index (χ2v) is 7.58. The highest BCUT2D eigenvalue weighted by Gasteiger charge is 2.28. The number of halogens is 1. The van der Waals surface area contributed by atoms with Gasteiger partial charge in [-0.15, -0.1) is 0 Å². The summed E-state index contributed by atoms with van der Waals surface area (Å²) in [7, 11) is 0. The van der Waals surface area contributed by atoms with E-state index in [-0.39, 0.29) is 23.5 Å². The molecule has 2 unspecified atom stereocenters. The number of piperidine rings is 1. The van der Waals surface area contributed by atoms with Crippen molar-refractivity contribution in [1.29, 1.82) is 0 Å². The summed E-state index contributed by atoms with van der Waals surface area (Å²) in [6.07, 6.45) is 1.56. The molecule has 1 fully saturated rings. The SMILES string of the molecule is CC(O)C1CCCN(C(=O)NCC(C)(C)c2cccc(Cl)c2)C1. The van der Waals surface area contributed by atoms with Crippen molar-refractivity contribution >= 4 is 17.6 Å². The van der Waals surface area contributed by atoms with Gasteiger partial charge in [-0.25, -0.2) is 4.79 Å². The zero-order valence-corrected chi connectivity index (χ0v) is 14.9. The number of benzene rings is 1. The fraction of sp³-hybridized carbons (Fsp3) is 0.611. The average Bonchev–Trinajstić information content (AvgIpc) is 2.53. The number of nitrogens with zero attached hydrogens (tertiary/aromatic N) is 1. The molecular formula is C18H27ClN2O2. The van der Waals surface area contributed by atoms with Crippen LogP contribution in [0.4, 0.5) is 4.79 Å². The minimum atomic E-state index is -0.367. The Hall–Kier alpha value is -1.26. The van der Waals surface area contributed by atoms with Gasteiger partial charge in [-0.05, 0) is 37.5 Å². The van der Waals surface area contributed by atoms with E-state index in [1.165, 1.54) is 0 Å². The Morgan fingerprint density at radius 1 is 1.52 bits per heavy atom. The van der Waals surface area contributed by atoms with Gasteiger partial charge in [0.05, 0.1) is 6.10 Å². The van der Waals surface area contributed by atoms with Gasteiger partial charge in [0.2, 0.25) is 0 Å². The molecule has 1 saturated heterocycles. The van der Waals surface area contributed by atoms with E-state index in [9.17, 15) is 9.90 Å². The predicted octanol–water partition coefficient (Wildman–Crippen LogP) is 3.42. The normalized spacial score (nSPS) is 20.2. The van der Waals surface area contributed by atoms with Crippen molar-refractivity contribution < 1.29 is 9.90 Å².